The second-order valence-corrected chi connectivity index (χ2v) is 3.24. The lowest BCUT2D eigenvalue weighted by molar-refractivity contribution is -0.139. The van der Waals surface area contributed by atoms with Crippen molar-refractivity contribution in [1.29, 1.82) is 0 Å². The Kier molecular flexibility index (Phi) is 6.54. The van der Waals surface area contributed by atoms with Gasteiger partial charge < -0.3 is 9.84 Å². The van der Waals surface area contributed by atoms with E-state index in [1.807, 2.05) is 13.0 Å². The van der Waals surface area contributed by atoms with E-state index in [0.717, 1.165) is 18.4 Å². The van der Waals surface area contributed by atoms with Crippen LogP contribution in [-0.4, -0.2) is 17.7 Å². The molecule has 0 saturated carbocycles. The molecule has 0 unspecified atom stereocenters. The molecule has 0 aliphatic rings. The summed E-state index contributed by atoms with van der Waals surface area (Å²) < 4.78 is 4.76. The number of ether oxygens (including phenoxy) is 1. The average molecular weight is 198 g/mol. The van der Waals surface area contributed by atoms with Crippen LogP contribution in [0.25, 0.3) is 0 Å². The van der Waals surface area contributed by atoms with Crippen molar-refractivity contribution >= 4 is 5.97 Å². The molecule has 0 fully saturated rings. The van der Waals surface area contributed by atoms with Crippen molar-refractivity contribution in [3.8, 4) is 0 Å². The number of hydrogen-bond acceptors (Lipinski definition) is 3. The van der Waals surface area contributed by atoms with Crippen molar-refractivity contribution in [1.82, 2.24) is 0 Å². The highest BCUT2D eigenvalue weighted by Gasteiger charge is 1.91. The molecule has 0 saturated heterocycles. The Morgan fingerprint density at radius 2 is 1.93 bits per heavy atom. The summed E-state index contributed by atoms with van der Waals surface area (Å²) in [6.07, 6.45) is 5.33. The van der Waals surface area contributed by atoms with E-state index < -0.39 is 0 Å². The summed E-state index contributed by atoms with van der Waals surface area (Å²) in [6, 6.07) is 0. The van der Waals surface area contributed by atoms with Crippen molar-refractivity contribution in [2.45, 2.75) is 33.6 Å². The van der Waals surface area contributed by atoms with Gasteiger partial charge in [-0.25, -0.2) is 0 Å². The Bertz CT molecular complexity index is 235. The van der Waals surface area contributed by atoms with E-state index >= 15 is 0 Å². The number of allylic oxidation sites excluding steroid dienone is 3. The van der Waals surface area contributed by atoms with E-state index in [1.54, 1.807) is 13.0 Å². The van der Waals surface area contributed by atoms with Gasteiger partial charge in [-0.3, -0.25) is 4.79 Å². The van der Waals surface area contributed by atoms with Gasteiger partial charge in [-0.15, -0.1) is 0 Å². The Hall–Kier alpha value is -1.25. The smallest absolute Gasteiger partial charge is 0.302 e. The highest BCUT2D eigenvalue weighted by atomic mass is 16.5. The first-order valence-electron chi connectivity index (χ1n) is 4.67. The molecular formula is C11H18O3. The molecule has 0 amide bonds. The molecule has 0 heterocycles. The van der Waals surface area contributed by atoms with E-state index in [9.17, 15) is 4.79 Å². The van der Waals surface area contributed by atoms with Crippen LogP contribution in [0.15, 0.2) is 23.5 Å². The quantitative estimate of drug-likeness (QED) is 0.419. The summed E-state index contributed by atoms with van der Waals surface area (Å²) >= 11 is 0. The maximum absolute atomic E-state index is 10.4. The first-order chi connectivity index (χ1) is 6.52. The number of aliphatic hydroxyl groups is 1. The zero-order valence-corrected chi connectivity index (χ0v) is 9.04. The Morgan fingerprint density at radius 3 is 2.43 bits per heavy atom. The third-order valence-corrected chi connectivity index (χ3v) is 1.70. The minimum Gasteiger partial charge on any atom is -0.513 e. The van der Waals surface area contributed by atoms with Crippen LogP contribution in [0.2, 0.25) is 0 Å². The molecule has 0 aliphatic heterocycles. The Balaban J connectivity index is 3.67. The summed E-state index contributed by atoms with van der Waals surface area (Å²) in [4.78, 5) is 10.4. The number of hydrogen-bond donors (Lipinski definition) is 1. The van der Waals surface area contributed by atoms with E-state index in [-0.39, 0.29) is 5.97 Å². The minimum absolute atomic E-state index is 0.264. The SMILES string of the molecule is CC(=O)OC/C=C(\C)CC/C=C(\C)O. The van der Waals surface area contributed by atoms with E-state index in [2.05, 4.69) is 0 Å². The van der Waals surface area contributed by atoms with Crippen LogP contribution < -0.4 is 0 Å². The molecule has 0 atom stereocenters. The molecule has 0 spiro atoms. The summed E-state index contributed by atoms with van der Waals surface area (Å²) in [7, 11) is 0. The van der Waals surface area contributed by atoms with Crippen LogP contribution in [0.3, 0.4) is 0 Å². The molecule has 0 aromatic rings. The lowest BCUT2D eigenvalue weighted by Crippen LogP contribution is -1.98. The number of carbonyl (C=O) groups excluding carboxylic acids is 1. The standard InChI is InChI=1S/C11H18O3/c1-9(5-4-6-10(2)12)7-8-14-11(3)13/h6-7,12H,4-5,8H2,1-3H3/b9-7+,10-6+. The summed E-state index contributed by atoms with van der Waals surface area (Å²) in [5, 5.41) is 8.89. The molecule has 0 radical (unpaired) electrons. The van der Waals surface area contributed by atoms with Gasteiger partial charge >= 0.3 is 5.97 Å². The topological polar surface area (TPSA) is 46.5 Å². The van der Waals surface area contributed by atoms with Crippen LogP contribution in [0.1, 0.15) is 33.6 Å². The van der Waals surface area contributed by atoms with Crippen LogP contribution in [-0.2, 0) is 9.53 Å². The van der Waals surface area contributed by atoms with Crippen LogP contribution in [0.4, 0.5) is 0 Å². The molecule has 3 heteroatoms. The van der Waals surface area contributed by atoms with Gasteiger partial charge in [-0.2, -0.15) is 0 Å². The maximum atomic E-state index is 10.4. The predicted molar refractivity (Wildman–Crippen MR) is 56.0 cm³/mol. The van der Waals surface area contributed by atoms with Gasteiger partial charge in [0.05, 0.1) is 5.76 Å². The predicted octanol–water partition coefficient (Wildman–Crippen LogP) is 2.74. The van der Waals surface area contributed by atoms with Crippen LogP contribution in [0, 0.1) is 0 Å². The highest BCUT2D eigenvalue weighted by Crippen LogP contribution is 2.05. The molecular weight excluding hydrogens is 180 g/mol. The molecule has 0 aromatic carbocycles. The average Bonchev–Trinajstić information content (AvgIpc) is 2.02. The molecule has 0 aliphatic carbocycles. The van der Waals surface area contributed by atoms with E-state index in [0.29, 0.717) is 12.4 Å². The van der Waals surface area contributed by atoms with Gasteiger partial charge in [0.2, 0.25) is 0 Å². The van der Waals surface area contributed by atoms with Crippen molar-refractivity contribution in [3.05, 3.63) is 23.5 Å². The van der Waals surface area contributed by atoms with Gasteiger partial charge in [0.15, 0.2) is 0 Å². The lowest BCUT2D eigenvalue weighted by Gasteiger charge is -1.99. The summed E-state index contributed by atoms with van der Waals surface area (Å²) in [5.41, 5.74) is 1.16. The molecule has 0 rings (SSSR count). The molecule has 3 nitrogen and oxygen atoms in total. The zero-order chi connectivity index (χ0) is 11.0. The normalized spacial score (nSPS) is 12.8. The fourth-order valence-corrected chi connectivity index (χ4v) is 0.912. The summed E-state index contributed by atoms with van der Waals surface area (Å²) in [5.74, 6) is 0.0814. The molecule has 80 valence electrons. The largest absolute Gasteiger partial charge is 0.513 e. The van der Waals surface area contributed by atoms with Crippen molar-refractivity contribution < 1.29 is 14.6 Å². The summed E-state index contributed by atoms with van der Waals surface area (Å²) in [6.45, 7) is 5.35. The number of carbonyl (C=O) groups is 1. The van der Waals surface area contributed by atoms with Crippen molar-refractivity contribution in [2.75, 3.05) is 6.61 Å². The molecule has 0 aromatic heterocycles. The first kappa shape index (κ1) is 12.8. The van der Waals surface area contributed by atoms with Gasteiger partial charge in [-0.05, 0) is 38.8 Å². The minimum atomic E-state index is -0.264. The number of esters is 1. The van der Waals surface area contributed by atoms with Crippen molar-refractivity contribution in [3.63, 3.8) is 0 Å². The number of aliphatic hydroxyl groups excluding tert-OH is 1. The fraction of sp³-hybridized carbons (Fsp3) is 0.545. The van der Waals surface area contributed by atoms with Gasteiger partial charge in [0, 0.05) is 6.92 Å². The first-order valence-corrected chi connectivity index (χ1v) is 4.67. The Labute approximate surface area is 85.1 Å². The third-order valence-electron chi connectivity index (χ3n) is 1.70. The monoisotopic (exact) mass is 198 g/mol. The van der Waals surface area contributed by atoms with Gasteiger partial charge in [-0.1, -0.05) is 5.57 Å². The van der Waals surface area contributed by atoms with Gasteiger partial charge in [0.25, 0.3) is 0 Å². The number of rotatable bonds is 5. The molecule has 1 N–H and O–H groups in total. The zero-order valence-electron chi connectivity index (χ0n) is 9.04. The second kappa shape index (κ2) is 7.18. The maximum Gasteiger partial charge on any atom is 0.302 e. The van der Waals surface area contributed by atoms with Crippen LogP contribution in [0.5, 0.6) is 0 Å². The van der Waals surface area contributed by atoms with Crippen LogP contribution >= 0.6 is 0 Å². The third kappa shape index (κ3) is 8.84. The fourth-order valence-electron chi connectivity index (χ4n) is 0.912. The lowest BCUT2D eigenvalue weighted by atomic mass is 10.1. The van der Waals surface area contributed by atoms with E-state index in [1.165, 1.54) is 6.92 Å². The second-order valence-electron chi connectivity index (χ2n) is 3.24. The Morgan fingerprint density at radius 1 is 1.29 bits per heavy atom. The van der Waals surface area contributed by atoms with Gasteiger partial charge in [0.1, 0.15) is 6.61 Å². The highest BCUT2D eigenvalue weighted by molar-refractivity contribution is 5.66. The van der Waals surface area contributed by atoms with E-state index in [4.69, 9.17) is 9.84 Å². The van der Waals surface area contributed by atoms with Crippen molar-refractivity contribution in [2.24, 2.45) is 0 Å². The molecule has 14 heavy (non-hydrogen) atoms. The molecule has 0 bridgehead atoms.